The van der Waals surface area contributed by atoms with Crippen LogP contribution in [-0.2, 0) is 17.6 Å². The summed E-state index contributed by atoms with van der Waals surface area (Å²) < 4.78 is 10.8. The van der Waals surface area contributed by atoms with Crippen molar-refractivity contribution in [3.63, 3.8) is 0 Å². The van der Waals surface area contributed by atoms with Crippen molar-refractivity contribution >= 4 is 5.91 Å². The van der Waals surface area contributed by atoms with Gasteiger partial charge in [0.25, 0.3) is 5.91 Å². The molecule has 0 unspecified atom stereocenters. The lowest BCUT2D eigenvalue weighted by Crippen LogP contribution is -2.30. The van der Waals surface area contributed by atoms with Crippen LogP contribution >= 0.6 is 0 Å². The van der Waals surface area contributed by atoms with E-state index in [1.165, 1.54) is 5.56 Å². The van der Waals surface area contributed by atoms with Crippen LogP contribution in [0.1, 0.15) is 18.1 Å². The second-order valence-electron chi connectivity index (χ2n) is 5.20. The number of para-hydroxylation sites is 1. The van der Waals surface area contributed by atoms with Crippen molar-refractivity contribution in [2.24, 2.45) is 0 Å². The normalized spacial score (nSPS) is 10.2. The molecule has 2 aromatic rings. The zero-order chi connectivity index (χ0) is 16.5. The fourth-order valence-electron chi connectivity index (χ4n) is 2.27. The third kappa shape index (κ3) is 5.33. The van der Waals surface area contributed by atoms with E-state index in [2.05, 4.69) is 12.2 Å². The summed E-state index contributed by atoms with van der Waals surface area (Å²) in [6, 6.07) is 15.6. The standard InChI is InChI=1S/C19H23NO3/c1-3-15-8-10-17(11-9-15)23-14-19(21)20-13-12-16-6-4-5-7-18(16)22-2/h4-11H,3,12-14H2,1-2H3,(H,20,21). The van der Waals surface area contributed by atoms with Crippen molar-refractivity contribution in [1.29, 1.82) is 0 Å². The summed E-state index contributed by atoms with van der Waals surface area (Å²) >= 11 is 0. The predicted octanol–water partition coefficient (Wildman–Crippen LogP) is 3.00. The molecule has 0 bridgehead atoms. The number of benzene rings is 2. The molecule has 0 atom stereocenters. The summed E-state index contributed by atoms with van der Waals surface area (Å²) in [5.41, 5.74) is 2.32. The van der Waals surface area contributed by atoms with E-state index in [0.717, 1.165) is 24.2 Å². The zero-order valence-electron chi connectivity index (χ0n) is 13.7. The number of carbonyl (C=O) groups excluding carboxylic acids is 1. The highest BCUT2D eigenvalue weighted by atomic mass is 16.5. The minimum atomic E-state index is -0.125. The van der Waals surface area contributed by atoms with Gasteiger partial charge in [0.15, 0.2) is 6.61 Å². The molecule has 0 aliphatic rings. The highest BCUT2D eigenvalue weighted by Crippen LogP contribution is 2.17. The van der Waals surface area contributed by atoms with Crippen LogP contribution in [0.4, 0.5) is 0 Å². The summed E-state index contributed by atoms with van der Waals surface area (Å²) in [6.07, 6.45) is 1.71. The summed E-state index contributed by atoms with van der Waals surface area (Å²) in [4.78, 5) is 11.8. The first kappa shape index (κ1) is 16.9. The molecular formula is C19H23NO3. The maximum atomic E-state index is 11.8. The summed E-state index contributed by atoms with van der Waals surface area (Å²) in [5.74, 6) is 1.43. The molecular weight excluding hydrogens is 290 g/mol. The van der Waals surface area contributed by atoms with Gasteiger partial charge in [-0.15, -0.1) is 0 Å². The lowest BCUT2D eigenvalue weighted by Gasteiger charge is -2.10. The number of rotatable bonds is 8. The number of aryl methyl sites for hydroxylation is 1. The lowest BCUT2D eigenvalue weighted by atomic mass is 10.1. The first-order valence-electron chi connectivity index (χ1n) is 7.83. The molecule has 0 saturated carbocycles. The largest absolute Gasteiger partial charge is 0.496 e. The van der Waals surface area contributed by atoms with Gasteiger partial charge >= 0.3 is 0 Å². The van der Waals surface area contributed by atoms with Crippen LogP contribution < -0.4 is 14.8 Å². The molecule has 0 saturated heterocycles. The minimum Gasteiger partial charge on any atom is -0.496 e. The van der Waals surface area contributed by atoms with Gasteiger partial charge in [-0.3, -0.25) is 4.79 Å². The second-order valence-corrected chi connectivity index (χ2v) is 5.20. The van der Waals surface area contributed by atoms with Gasteiger partial charge in [0.2, 0.25) is 0 Å². The second kappa shape index (κ2) is 8.83. The van der Waals surface area contributed by atoms with E-state index in [1.807, 2.05) is 48.5 Å². The van der Waals surface area contributed by atoms with E-state index >= 15 is 0 Å². The van der Waals surface area contributed by atoms with Crippen molar-refractivity contribution < 1.29 is 14.3 Å². The number of nitrogens with one attached hydrogen (secondary N) is 1. The van der Waals surface area contributed by atoms with Crippen molar-refractivity contribution in [2.75, 3.05) is 20.3 Å². The van der Waals surface area contributed by atoms with Crippen molar-refractivity contribution in [1.82, 2.24) is 5.32 Å². The average molecular weight is 313 g/mol. The van der Waals surface area contributed by atoms with Crippen molar-refractivity contribution in [3.05, 3.63) is 59.7 Å². The highest BCUT2D eigenvalue weighted by molar-refractivity contribution is 5.77. The van der Waals surface area contributed by atoms with Crippen molar-refractivity contribution in [3.8, 4) is 11.5 Å². The molecule has 0 aliphatic carbocycles. The molecule has 1 amide bonds. The van der Waals surface area contributed by atoms with Gasteiger partial charge < -0.3 is 14.8 Å². The van der Waals surface area contributed by atoms with Crippen LogP contribution in [0.3, 0.4) is 0 Å². The van der Waals surface area contributed by atoms with Gasteiger partial charge in [-0.05, 0) is 42.2 Å². The van der Waals surface area contributed by atoms with Crippen LogP contribution in [0.25, 0.3) is 0 Å². The summed E-state index contributed by atoms with van der Waals surface area (Å²) in [5, 5.41) is 2.86. The lowest BCUT2D eigenvalue weighted by molar-refractivity contribution is -0.123. The minimum absolute atomic E-state index is 0.0252. The molecule has 1 N–H and O–H groups in total. The number of ether oxygens (including phenoxy) is 2. The van der Waals surface area contributed by atoms with Gasteiger partial charge in [0, 0.05) is 6.54 Å². The molecule has 0 fully saturated rings. The Morgan fingerprint density at radius 3 is 2.52 bits per heavy atom. The molecule has 0 radical (unpaired) electrons. The van der Waals surface area contributed by atoms with Crippen LogP contribution in [0.15, 0.2) is 48.5 Å². The molecule has 4 heteroatoms. The van der Waals surface area contributed by atoms with Crippen LogP contribution in [0, 0.1) is 0 Å². The zero-order valence-corrected chi connectivity index (χ0v) is 13.7. The molecule has 0 heterocycles. The van der Waals surface area contributed by atoms with Gasteiger partial charge in [0.05, 0.1) is 7.11 Å². The number of hydrogen-bond acceptors (Lipinski definition) is 3. The van der Waals surface area contributed by atoms with Crippen LogP contribution in [0.2, 0.25) is 0 Å². The number of methoxy groups -OCH3 is 1. The third-order valence-corrected chi connectivity index (χ3v) is 3.61. The number of amides is 1. The Morgan fingerprint density at radius 2 is 1.83 bits per heavy atom. The number of carbonyl (C=O) groups is 1. The molecule has 2 rings (SSSR count). The molecule has 0 aliphatic heterocycles. The van der Waals surface area contributed by atoms with E-state index in [1.54, 1.807) is 7.11 Å². The van der Waals surface area contributed by atoms with E-state index < -0.39 is 0 Å². The Hall–Kier alpha value is -2.49. The molecule has 4 nitrogen and oxygen atoms in total. The summed E-state index contributed by atoms with van der Waals surface area (Å²) in [6.45, 7) is 2.68. The first-order valence-corrected chi connectivity index (χ1v) is 7.83. The average Bonchev–Trinajstić information content (AvgIpc) is 2.61. The van der Waals surface area contributed by atoms with E-state index in [9.17, 15) is 4.79 Å². The molecule has 2 aromatic carbocycles. The highest BCUT2D eigenvalue weighted by Gasteiger charge is 2.05. The maximum Gasteiger partial charge on any atom is 0.257 e. The van der Waals surface area contributed by atoms with Gasteiger partial charge in [0.1, 0.15) is 11.5 Å². The maximum absolute atomic E-state index is 11.8. The van der Waals surface area contributed by atoms with Gasteiger partial charge in [-0.25, -0.2) is 0 Å². The molecule has 0 aromatic heterocycles. The SMILES string of the molecule is CCc1ccc(OCC(=O)NCCc2ccccc2OC)cc1. The first-order chi connectivity index (χ1) is 11.2. The van der Waals surface area contributed by atoms with E-state index in [-0.39, 0.29) is 12.5 Å². The summed E-state index contributed by atoms with van der Waals surface area (Å²) in [7, 11) is 1.65. The Labute approximate surface area is 137 Å². The monoisotopic (exact) mass is 313 g/mol. The van der Waals surface area contributed by atoms with Gasteiger partial charge in [-0.1, -0.05) is 37.3 Å². The van der Waals surface area contributed by atoms with Crippen molar-refractivity contribution in [2.45, 2.75) is 19.8 Å². The number of hydrogen-bond donors (Lipinski definition) is 1. The Morgan fingerprint density at radius 1 is 1.09 bits per heavy atom. The van der Waals surface area contributed by atoms with Gasteiger partial charge in [-0.2, -0.15) is 0 Å². The third-order valence-electron chi connectivity index (χ3n) is 3.61. The quantitative estimate of drug-likeness (QED) is 0.815. The Kier molecular flexibility index (Phi) is 6.48. The fourth-order valence-corrected chi connectivity index (χ4v) is 2.27. The Balaban J connectivity index is 1.72. The molecule has 122 valence electrons. The predicted molar refractivity (Wildman–Crippen MR) is 91.0 cm³/mol. The smallest absolute Gasteiger partial charge is 0.257 e. The molecule has 0 spiro atoms. The van der Waals surface area contributed by atoms with Crippen LogP contribution in [0.5, 0.6) is 11.5 Å². The van der Waals surface area contributed by atoms with Crippen LogP contribution in [-0.4, -0.2) is 26.2 Å². The Bertz CT molecular complexity index is 623. The van der Waals surface area contributed by atoms with E-state index in [0.29, 0.717) is 12.3 Å². The molecule has 23 heavy (non-hydrogen) atoms. The topological polar surface area (TPSA) is 47.6 Å². The van der Waals surface area contributed by atoms with E-state index in [4.69, 9.17) is 9.47 Å². The fraction of sp³-hybridized carbons (Fsp3) is 0.316.